The van der Waals surface area contributed by atoms with Crippen LogP contribution in [0.25, 0.3) is 0 Å². The standard InChI is InChI=1S/C30H36N2O4/c1-3-11-29-21(23(33)31-25(29)35)19-9-15-27(29,17-19)13-7-5-6-8-14-28-16-10-20(18-28)22-24(34)32-26(36)30(22,28)12-4-2/h3-4,9-10,15-16,19-22H,1-2,5-8,11-14,17-18H2,(H,31,33,35)(H,32,34,36). The number of nitrogens with one attached hydrogen (secondary N) is 2. The Hall–Kier alpha value is -2.76. The van der Waals surface area contributed by atoms with Crippen LogP contribution in [0.3, 0.4) is 0 Å². The molecule has 4 fully saturated rings. The van der Waals surface area contributed by atoms with Crippen LogP contribution in [0.4, 0.5) is 0 Å². The Kier molecular flexibility index (Phi) is 5.16. The number of hydrogen-bond donors (Lipinski definition) is 2. The summed E-state index contributed by atoms with van der Waals surface area (Å²) >= 11 is 0. The summed E-state index contributed by atoms with van der Waals surface area (Å²) in [5.41, 5.74) is -1.87. The van der Waals surface area contributed by atoms with Crippen LogP contribution in [0.1, 0.15) is 64.2 Å². The molecule has 190 valence electrons. The van der Waals surface area contributed by atoms with Crippen molar-refractivity contribution in [2.24, 2.45) is 45.3 Å². The number of carbonyl (C=O) groups excluding carboxylic acids is 4. The van der Waals surface area contributed by atoms with Crippen molar-refractivity contribution in [1.82, 2.24) is 10.6 Å². The fourth-order valence-electron chi connectivity index (χ4n) is 9.72. The van der Waals surface area contributed by atoms with Crippen LogP contribution in [0.2, 0.25) is 0 Å². The predicted molar refractivity (Wildman–Crippen MR) is 135 cm³/mol. The summed E-state index contributed by atoms with van der Waals surface area (Å²) in [4.78, 5) is 51.4. The van der Waals surface area contributed by atoms with Crippen LogP contribution in [0.15, 0.2) is 49.6 Å². The monoisotopic (exact) mass is 488 g/mol. The maximum absolute atomic E-state index is 13.1. The van der Waals surface area contributed by atoms with Gasteiger partial charge in [0.1, 0.15) is 0 Å². The molecule has 6 aliphatic rings. The lowest BCUT2D eigenvalue weighted by Gasteiger charge is -2.42. The van der Waals surface area contributed by atoms with Crippen molar-refractivity contribution in [3.63, 3.8) is 0 Å². The molecule has 0 aromatic rings. The average molecular weight is 489 g/mol. The first-order chi connectivity index (χ1) is 17.3. The molecule has 2 heterocycles. The summed E-state index contributed by atoms with van der Waals surface area (Å²) in [6.45, 7) is 7.81. The molecule has 0 aromatic heterocycles. The highest BCUT2D eigenvalue weighted by Gasteiger charge is 2.73. The Bertz CT molecular complexity index is 1050. The summed E-state index contributed by atoms with van der Waals surface area (Å²) in [6, 6.07) is 0. The first-order valence-corrected chi connectivity index (χ1v) is 13.6. The molecule has 4 aliphatic carbocycles. The minimum absolute atomic E-state index is 0.112. The maximum atomic E-state index is 13.1. The van der Waals surface area contributed by atoms with E-state index < -0.39 is 10.8 Å². The first-order valence-electron chi connectivity index (χ1n) is 13.6. The van der Waals surface area contributed by atoms with E-state index in [1.54, 1.807) is 12.2 Å². The van der Waals surface area contributed by atoms with Gasteiger partial charge in [0.15, 0.2) is 0 Å². The number of rotatable bonds is 11. The number of unbranched alkanes of at least 4 members (excludes halogenated alkanes) is 3. The van der Waals surface area contributed by atoms with Crippen molar-refractivity contribution in [3.05, 3.63) is 49.6 Å². The van der Waals surface area contributed by atoms with Crippen LogP contribution >= 0.6 is 0 Å². The summed E-state index contributed by atoms with van der Waals surface area (Å²) in [5, 5.41) is 5.26. The fraction of sp³-hybridized carbons (Fsp3) is 0.600. The minimum Gasteiger partial charge on any atom is -0.296 e. The van der Waals surface area contributed by atoms with E-state index in [0.29, 0.717) is 12.8 Å². The molecule has 2 saturated carbocycles. The summed E-state index contributed by atoms with van der Waals surface area (Å²) in [7, 11) is 0. The Labute approximate surface area is 212 Å². The zero-order valence-corrected chi connectivity index (χ0v) is 20.9. The van der Waals surface area contributed by atoms with Crippen LogP contribution in [-0.4, -0.2) is 23.6 Å². The summed E-state index contributed by atoms with van der Waals surface area (Å²) in [6.07, 6.45) is 21.1. The van der Waals surface area contributed by atoms with Gasteiger partial charge in [0, 0.05) is 10.8 Å². The number of imide groups is 2. The smallest absolute Gasteiger partial charge is 0.234 e. The average Bonchev–Trinajstić information content (AvgIpc) is 3.64. The van der Waals surface area contributed by atoms with Gasteiger partial charge in [0.05, 0.1) is 22.7 Å². The second kappa shape index (κ2) is 7.87. The maximum Gasteiger partial charge on any atom is 0.234 e. The summed E-state index contributed by atoms with van der Waals surface area (Å²) < 4.78 is 0. The molecule has 4 bridgehead atoms. The molecule has 2 N–H and O–H groups in total. The lowest BCUT2D eigenvalue weighted by Crippen LogP contribution is -2.46. The topological polar surface area (TPSA) is 92.3 Å². The Morgan fingerprint density at radius 2 is 1.14 bits per heavy atom. The highest BCUT2D eigenvalue weighted by Crippen LogP contribution is 2.70. The van der Waals surface area contributed by atoms with Gasteiger partial charge in [0.2, 0.25) is 23.6 Å². The van der Waals surface area contributed by atoms with Crippen molar-refractivity contribution in [1.29, 1.82) is 0 Å². The second-order valence-corrected chi connectivity index (χ2v) is 12.2. The SMILES string of the molecule is C=CCC12C(=O)NC(=O)C1C1C=CC2(CCCCCCC23C=CC(C2)C2C(=O)NC(=O)C23CC=C)C1. The number of allylic oxidation sites excluding steroid dienone is 6. The Morgan fingerprint density at radius 1 is 0.722 bits per heavy atom. The Morgan fingerprint density at radius 3 is 1.53 bits per heavy atom. The van der Waals surface area contributed by atoms with Gasteiger partial charge in [-0.1, -0.05) is 62.1 Å². The number of carbonyl (C=O) groups is 4. The third kappa shape index (κ3) is 2.63. The van der Waals surface area contributed by atoms with Gasteiger partial charge in [-0.15, -0.1) is 13.2 Å². The van der Waals surface area contributed by atoms with Gasteiger partial charge in [-0.25, -0.2) is 0 Å². The van der Waals surface area contributed by atoms with Crippen molar-refractivity contribution in [2.75, 3.05) is 0 Å². The second-order valence-electron chi connectivity index (χ2n) is 12.2. The van der Waals surface area contributed by atoms with E-state index in [4.69, 9.17) is 0 Å². The molecule has 6 heteroatoms. The molecule has 4 amide bonds. The van der Waals surface area contributed by atoms with E-state index >= 15 is 0 Å². The van der Waals surface area contributed by atoms with Gasteiger partial charge >= 0.3 is 0 Å². The fourth-order valence-corrected chi connectivity index (χ4v) is 9.72. The number of hydrogen-bond acceptors (Lipinski definition) is 4. The van der Waals surface area contributed by atoms with E-state index in [2.05, 4.69) is 48.1 Å². The molecule has 2 saturated heterocycles. The van der Waals surface area contributed by atoms with E-state index in [1.165, 1.54) is 0 Å². The van der Waals surface area contributed by atoms with E-state index in [1.807, 2.05) is 0 Å². The molecular formula is C30H36N2O4. The van der Waals surface area contributed by atoms with Gasteiger partial charge < -0.3 is 0 Å². The zero-order chi connectivity index (χ0) is 25.3. The zero-order valence-electron chi connectivity index (χ0n) is 20.9. The predicted octanol–water partition coefficient (Wildman–Crippen LogP) is 4.15. The van der Waals surface area contributed by atoms with E-state index in [0.717, 1.165) is 51.4 Å². The van der Waals surface area contributed by atoms with Gasteiger partial charge in [-0.3, -0.25) is 29.8 Å². The minimum atomic E-state index is -0.674. The van der Waals surface area contributed by atoms with E-state index in [-0.39, 0.29) is 58.1 Å². The third-order valence-electron chi connectivity index (χ3n) is 11.0. The quantitative estimate of drug-likeness (QED) is 0.260. The van der Waals surface area contributed by atoms with Crippen molar-refractivity contribution < 1.29 is 19.2 Å². The van der Waals surface area contributed by atoms with Gasteiger partial charge in [-0.05, 0) is 50.4 Å². The van der Waals surface area contributed by atoms with Crippen LogP contribution in [-0.2, 0) is 19.2 Å². The molecule has 0 spiro atoms. The summed E-state index contributed by atoms with van der Waals surface area (Å²) in [5.74, 6) is -0.673. The molecule has 0 aromatic carbocycles. The molecule has 6 rings (SSSR count). The van der Waals surface area contributed by atoms with Crippen LogP contribution in [0, 0.1) is 45.3 Å². The molecule has 6 nitrogen and oxygen atoms in total. The molecule has 0 radical (unpaired) electrons. The van der Waals surface area contributed by atoms with Crippen molar-refractivity contribution in [3.8, 4) is 0 Å². The van der Waals surface area contributed by atoms with Gasteiger partial charge in [-0.2, -0.15) is 0 Å². The molecule has 8 atom stereocenters. The van der Waals surface area contributed by atoms with Crippen molar-refractivity contribution in [2.45, 2.75) is 64.2 Å². The lowest BCUT2D eigenvalue weighted by atomic mass is 9.57. The normalized spacial score (nSPS) is 44.8. The highest BCUT2D eigenvalue weighted by atomic mass is 16.2. The third-order valence-corrected chi connectivity index (χ3v) is 11.0. The number of amides is 4. The molecular weight excluding hydrogens is 452 g/mol. The molecule has 36 heavy (non-hydrogen) atoms. The molecule has 2 aliphatic heterocycles. The largest absolute Gasteiger partial charge is 0.296 e. The Balaban J connectivity index is 1.10. The van der Waals surface area contributed by atoms with Crippen LogP contribution in [0.5, 0.6) is 0 Å². The first kappa shape index (κ1) is 23.6. The highest BCUT2D eigenvalue weighted by molar-refractivity contribution is 6.10. The van der Waals surface area contributed by atoms with E-state index in [9.17, 15) is 19.2 Å². The van der Waals surface area contributed by atoms with Crippen molar-refractivity contribution >= 4 is 23.6 Å². The van der Waals surface area contributed by atoms with Gasteiger partial charge in [0.25, 0.3) is 0 Å². The number of fused-ring (bicyclic) bond motifs is 10. The molecule has 8 unspecified atom stereocenters. The van der Waals surface area contributed by atoms with Crippen LogP contribution < -0.4 is 10.6 Å². The lowest BCUT2D eigenvalue weighted by molar-refractivity contribution is -0.134.